The van der Waals surface area contributed by atoms with Crippen molar-refractivity contribution in [2.75, 3.05) is 19.8 Å². The molecular weight excluding hydrogens is 286 g/mol. The van der Waals surface area contributed by atoms with Gasteiger partial charge < -0.3 is 10.1 Å². The quantitative estimate of drug-likeness (QED) is 0.557. The number of hydrogen-bond donors (Lipinski definition) is 1. The molecule has 1 N–H and O–H groups in total. The van der Waals surface area contributed by atoms with Crippen LogP contribution in [0.15, 0.2) is 48.5 Å². The minimum atomic E-state index is -0.0634. The molecule has 0 fully saturated rings. The molecule has 0 atom stereocenters. The van der Waals surface area contributed by atoms with Crippen LogP contribution in [0.3, 0.4) is 0 Å². The van der Waals surface area contributed by atoms with Gasteiger partial charge in [-0.15, -0.1) is 0 Å². The van der Waals surface area contributed by atoms with Crippen molar-refractivity contribution in [3.8, 4) is 0 Å². The van der Waals surface area contributed by atoms with Crippen LogP contribution in [0.4, 0.5) is 0 Å². The van der Waals surface area contributed by atoms with Crippen molar-refractivity contribution in [1.29, 1.82) is 0 Å². The molecule has 2 aromatic carbocycles. The van der Waals surface area contributed by atoms with Crippen LogP contribution in [0, 0.1) is 0 Å². The van der Waals surface area contributed by atoms with Gasteiger partial charge in [0, 0.05) is 25.8 Å². The van der Waals surface area contributed by atoms with Crippen LogP contribution in [0.2, 0.25) is 0 Å². The average Bonchev–Trinajstić information content (AvgIpc) is 2.59. The lowest BCUT2D eigenvalue weighted by Crippen LogP contribution is -2.23. The molecule has 0 saturated carbocycles. The van der Waals surface area contributed by atoms with Crippen molar-refractivity contribution >= 4 is 22.8 Å². The molecule has 0 heterocycles. The third kappa shape index (κ3) is 5.87. The summed E-state index contributed by atoms with van der Waals surface area (Å²) in [4.78, 5) is 11.8. The summed E-state index contributed by atoms with van der Waals surface area (Å²) in [7, 11) is 0. The molecule has 1 amide bonds. The van der Waals surface area contributed by atoms with Crippen LogP contribution in [0.5, 0.6) is 0 Å². The van der Waals surface area contributed by atoms with Gasteiger partial charge in [0.05, 0.1) is 0 Å². The number of benzene rings is 2. The zero-order valence-electron chi connectivity index (χ0n) is 13.8. The number of unbranched alkanes of at least 4 members (excludes halogenated alkanes) is 1. The first-order valence-corrected chi connectivity index (χ1v) is 8.32. The van der Waals surface area contributed by atoms with Gasteiger partial charge in [0.2, 0.25) is 5.91 Å². The molecule has 2 rings (SSSR count). The monoisotopic (exact) mass is 311 g/mol. The van der Waals surface area contributed by atoms with Gasteiger partial charge in [-0.1, -0.05) is 55.8 Å². The SMILES string of the molecule is CCCCOCCCNC(=O)/C=C/c1cccc2ccccc12. The second-order valence-electron chi connectivity index (χ2n) is 5.51. The van der Waals surface area contributed by atoms with E-state index in [9.17, 15) is 4.79 Å². The van der Waals surface area contributed by atoms with E-state index in [1.165, 1.54) is 5.39 Å². The third-order valence-corrected chi connectivity index (χ3v) is 3.64. The van der Waals surface area contributed by atoms with E-state index < -0.39 is 0 Å². The molecule has 0 spiro atoms. The standard InChI is InChI=1S/C20H25NO2/c1-2-3-15-23-16-7-14-21-20(22)13-12-18-10-6-9-17-8-4-5-11-19(17)18/h4-6,8-13H,2-3,7,14-16H2,1H3,(H,21,22)/b13-12+. The zero-order valence-corrected chi connectivity index (χ0v) is 13.8. The Bertz CT molecular complexity index is 644. The van der Waals surface area contributed by atoms with Gasteiger partial charge in [0.25, 0.3) is 0 Å². The number of ether oxygens (including phenoxy) is 1. The summed E-state index contributed by atoms with van der Waals surface area (Å²) in [5.74, 6) is -0.0634. The summed E-state index contributed by atoms with van der Waals surface area (Å²) in [6.07, 6.45) is 6.56. The minimum absolute atomic E-state index is 0.0634. The van der Waals surface area contributed by atoms with Crippen LogP contribution in [-0.4, -0.2) is 25.7 Å². The van der Waals surface area contributed by atoms with Crippen molar-refractivity contribution < 1.29 is 9.53 Å². The van der Waals surface area contributed by atoms with Crippen LogP contribution >= 0.6 is 0 Å². The molecule has 0 aliphatic carbocycles. The Balaban J connectivity index is 1.77. The number of rotatable bonds is 9. The Labute approximate surface area is 138 Å². The van der Waals surface area contributed by atoms with E-state index >= 15 is 0 Å². The highest BCUT2D eigenvalue weighted by Gasteiger charge is 1.98. The van der Waals surface area contributed by atoms with Crippen LogP contribution < -0.4 is 5.32 Å². The fraction of sp³-hybridized carbons (Fsp3) is 0.350. The maximum atomic E-state index is 11.8. The number of hydrogen-bond acceptors (Lipinski definition) is 2. The minimum Gasteiger partial charge on any atom is -0.381 e. The van der Waals surface area contributed by atoms with Crippen molar-refractivity contribution in [1.82, 2.24) is 5.32 Å². The maximum absolute atomic E-state index is 11.8. The molecule has 0 radical (unpaired) electrons. The summed E-state index contributed by atoms with van der Waals surface area (Å²) >= 11 is 0. The molecule has 122 valence electrons. The first-order chi connectivity index (χ1) is 11.3. The van der Waals surface area contributed by atoms with E-state index in [0.717, 1.165) is 36.8 Å². The number of carbonyl (C=O) groups is 1. The lowest BCUT2D eigenvalue weighted by Gasteiger charge is -2.04. The summed E-state index contributed by atoms with van der Waals surface area (Å²) in [5, 5.41) is 5.22. The van der Waals surface area contributed by atoms with Gasteiger partial charge in [0.15, 0.2) is 0 Å². The van der Waals surface area contributed by atoms with Crippen molar-refractivity contribution in [3.05, 3.63) is 54.1 Å². The van der Waals surface area contributed by atoms with Gasteiger partial charge in [-0.2, -0.15) is 0 Å². The smallest absolute Gasteiger partial charge is 0.244 e. The van der Waals surface area contributed by atoms with Gasteiger partial charge in [0.1, 0.15) is 0 Å². The predicted octanol–water partition coefficient (Wildman–Crippen LogP) is 4.18. The van der Waals surface area contributed by atoms with E-state index in [1.54, 1.807) is 6.08 Å². The molecular formula is C20H25NO2. The maximum Gasteiger partial charge on any atom is 0.244 e. The molecule has 0 aromatic heterocycles. The molecule has 0 unspecified atom stereocenters. The summed E-state index contributed by atoms with van der Waals surface area (Å²) < 4.78 is 5.46. The van der Waals surface area contributed by atoms with E-state index in [0.29, 0.717) is 13.2 Å². The summed E-state index contributed by atoms with van der Waals surface area (Å²) in [5.41, 5.74) is 1.06. The second kappa shape index (κ2) is 9.80. The highest BCUT2D eigenvalue weighted by atomic mass is 16.5. The molecule has 23 heavy (non-hydrogen) atoms. The normalized spacial score (nSPS) is 11.2. The van der Waals surface area contributed by atoms with Crippen molar-refractivity contribution in [3.63, 3.8) is 0 Å². The number of nitrogens with one attached hydrogen (secondary N) is 1. The van der Waals surface area contributed by atoms with Crippen molar-refractivity contribution in [2.45, 2.75) is 26.2 Å². The molecule has 2 aromatic rings. The van der Waals surface area contributed by atoms with Crippen molar-refractivity contribution in [2.24, 2.45) is 0 Å². The highest BCUT2D eigenvalue weighted by Crippen LogP contribution is 2.19. The number of carbonyl (C=O) groups excluding carboxylic acids is 1. The molecule has 0 aliphatic rings. The molecule has 3 heteroatoms. The Morgan fingerprint density at radius 3 is 2.74 bits per heavy atom. The molecule has 0 aliphatic heterocycles. The number of fused-ring (bicyclic) bond motifs is 1. The molecule has 3 nitrogen and oxygen atoms in total. The van der Waals surface area contributed by atoms with E-state index in [4.69, 9.17) is 4.74 Å². The van der Waals surface area contributed by atoms with Gasteiger partial charge in [-0.05, 0) is 35.3 Å². The Morgan fingerprint density at radius 2 is 1.87 bits per heavy atom. The van der Waals surface area contributed by atoms with Gasteiger partial charge in [-0.3, -0.25) is 4.79 Å². The lowest BCUT2D eigenvalue weighted by atomic mass is 10.0. The fourth-order valence-electron chi connectivity index (χ4n) is 2.35. The Kier molecular flexibility index (Phi) is 7.34. The summed E-state index contributed by atoms with van der Waals surface area (Å²) in [6, 6.07) is 14.3. The third-order valence-electron chi connectivity index (χ3n) is 3.64. The van der Waals surface area contributed by atoms with Gasteiger partial charge in [-0.25, -0.2) is 0 Å². The Morgan fingerprint density at radius 1 is 1.09 bits per heavy atom. The molecule has 0 bridgehead atoms. The van der Waals surface area contributed by atoms with E-state index in [1.807, 2.05) is 30.3 Å². The Hall–Kier alpha value is -2.13. The van der Waals surface area contributed by atoms with Crippen LogP contribution in [0.1, 0.15) is 31.7 Å². The topological polar surface area (TPSA) is 38.3 Å². The van der Waals surface area contributed by atoms with E-state index in [-0.39, 0.29) is 5.91 Å². The first-order valence-electron chi connectivity index (χ1n) is 8.32. The lowest BCUT2D eigenvalue weighted by molar-refractivity contribution is -0.116. The van der Waals surface area contributed by atoms with Crippen LogP contribution in [0.25, 0.3) is 16.8 Å². The first kappa shape index (κ1) is 17.2. The fourth-order valence-corrected chi connectivity index (χ4v) is 2.35. The largest absolute Gasteiger partial charge is 0.381 e. The number of amides is 1. The molecule has 0 saturated heterocycles. The highest BCUT2D eigenvalue weighted by molar-refractivity contribution is 5.96. The average molecular weight is 311 g/mol. The zero-order chi connectivity index (χ0) is 16.3. The van der Waals surface area contributed by atoms with Crippen LogP contribution in [-0.2, 0) is 9.53 Å². The van der Waals surface area contributed by atoms with Gasteiger partial charge >= 0.3 is 0 Å². The second-order valence-corrected chi connectivity index (χ2v) is 5.51. The summed E-state index contributed by atoms with van der Waals surface area (Å²) in [6.45, 7) is 4.30. The van der Waals surface area contributed by atoms with E-state index in [2.05, 4.69) is 30.4 Å². The predicted molar refractivity (Wildman–Crippen MR) is 96.3 cm³/mol.